The molecule has 0 atom stereocenters. The van der Waals surface area contributed by atoms with E-state index in [0.29, 0.717) is 0 Å². The van der Waals surface area contributed by atoms with Crippen LogP contribution >= 0.6 is 24.0 Å². The minimum atomic E-state index is 0. The Labute approximate surface area is 152 Å². The fourth-order valence-corrected chi connectivity index (χ4v) is 2.08. The van der Waals surface area contributed by atoms with Crippen LogP contribution in [0.5, 0.6) is 0 Å². The maximum atomic E-state index is 5.53. The maximum Gasteiger partial charge on any atom is 0.190 e. The van der Waals surface area contributed by atoms with E-state index in [9.17, 15) is 0 Å². The molecular formula is C16H32IN3O2. The Kier molecular flexibility index (Phi) is 15.3. The number of hydrogen-bond donors (Lipinski definition) is 2. The van der Waals surface area contributed by atoms with Crippen LogP contribution in [0.2, 0.25) is 0 Å². The molecule has 0 aromatic rings. The number of unbranched alkanes of at least 4 members (excludes halogenated alkanes) is 1. The lowest BCUT2D eigenvalue weighted by Gasteiger charge is -2.15. The first-order valence-electron chi connectivity index (χ1n) is 8.14. The standard InChI is InChI=1S/C16H31N3O2.HI/c1-3-4-11-20-12-5-9-18-16(17-2)19-10-6-15-7-13-21-14-8-15;/h7H,3-6,8-14H2,1-2H3,(H2,17,18,19);1H. The summed E-state index contributed by atoms with van der Waals surface area (Å²) in [6, 6.07) is 0. The van der Waals surface area contributed by atoms with E-state index in [-0.39, 0.29) is 24.0 Å². The largest absolute Gasteiger partial charge is 0.381 e. The molecule has 0 saturated heterocycles. The van der Waals surface area contributed by atoms with Crippen molar-refractivity contribution in [1.82, 2.24) is 10.6 Å². The second-order valence-electron chi connectivity index (χ2n) is 5.18. The van der Waals surface area contributed by atoms with Crippen LogP contribution in [0, 0.1) is 0 Å². The molecule has 1 aliphatic rings. The van der Waals surface area contributed by atoms with Gasteiger partial charge in [0.25, 0.3) is 0 Å². The van der Waals surface area contributed by atoms with Gasteiger partial charge in [-0.2, -0.15) is 0 Å². The average molecular weight is 425 g/mol. The molecule has 2 N–H and O–H groups in total. The van der Waals surface area contributed by atoms with Crippen molar-refractivity contribution in [2.24, 2.45) is 4.99 Å². The second-order valence-corrected chi connectivity index (χ2v) is 5.18. The fraction of sp³-hybridized carbons (Fsp3) is 0.812. The van der Waals surface area contributed by atoms with E-state index in [2.05, 4.69) is 28.6 Å². The first kappa shape index (κ1) is 21.7. The van der Waals surface area contributed by atoms with Crippen LogP contribution in [0.1, 0.15) is 39.0 Å². The van der Waals surface area contributed by atoms with Crippen LogP contribution in [0.3, 0.4) is 0 Å². The Bertz CT molecular complexity index is 323. The van der Waals surface area contributed by atoms with Crippen molar-refractivity contribution in [1.29, 1.82) is 0 Å². The van der Waals surface area contributed by atoms with Gasteiger partial charge < -0.3 is 20.1 Å². The summed E-state index contributed by atoms with van der Waals surface area (Å²) in [6.07, 6.45) is 7.66. The lowest BCUT2D eigenvalue weighted by Crippen LogP contribution is -2.38. The zero-order valence-electron chi connectivity index (χ0n) is 14.0. The molecule has 0 unspecified atom stereocenters. The summed E-state index contributed by atoms with van der Waals surface area (Å²) >= 11 is 0. The van der Waals surface area contributed by atoms with Crippen LogP contribution in [0.4, 0.5) is 0 Å². The summed E-state index contributed by atoms with van der Waals surface area (Å²) < 4.78 is 10.8. The van der Waals surface area contributed by atoms with Gasteiger partial charge in [-0.25, -0.2) is 0 Å². The minimum absolute atomic E-state index is 0. The molecule has 0 fully saturated rings. The molecule has 1 aliphatic heterocycles. The van der Waals surface area contributed by atoms with Gasteiger partial charge in [0, 0.05) is 33.4 Å². The molecule has 0 saturated carbocycles. The van der Waals surface area contributed by atoms with Gasteiger partial charge in [-0.3, -0.25) is 4.99 Å². The molecule has 1 rings (SSSR count). The van der Waals surface area contributed by atoms with Crippen LogP contribution < -0.4 is 10.6 Å². The quantitative estimate of drug-likeness (QED) is 0.186. The first-order valence-corrected chi connectivity index (χ1v) is 8.14. The molecule has 0 aromatic heterocycles. The van der Waals surface area contributed by atoms with E-state index in [1.165, 1.54) is 12.0 Å². The third-order valence-electron chi connectivity index (χ3n) is 3.42. The third kappa shape index (κ3) is 11.3. The van der Waals surface area contributed by atoms with Crippen molar-refractivity contribution in [2.45, 2.75) is 39.0 Å². The van der Waals surface area contributed by atoms with E-state index >= 15 is 0 Å². The Balaban J connectivity index is 0.00000441. The van der Waals surface area contributed by atoms with Gasteiger partial charge in [-0.1, -0.05) is 25.0 Å². The van der Waals surface area contributed by atoms with Gasteiger partial charge in [0.05, 0.1) is 13.2 Å². The summed E-state index contributed by atoms with van der Waals surface area (Å²) in [5.74, 6) is 0.871. The highest BCUT2D eigenvalue weighted by molar-refractivity contribution is 14.0. The molecule has 5 nitrogen and oxygen atoms in total. The van der Waals surface area contributed by atoms with Crippen molar-refractivity contribution in [3.05, 3.63) is 11.6 Å². The monoisotopic (exact) mass is 425 g/mol. The molecule has 0 aliphatic carbocycles. The van der Waals surface area contributed by atoms with Crippen molar-refractivity contribution in [2.75, 3.05) is 46.6 Å². The van der Waals surface area contributed by atoms with Crippen molar-refractivity contribution < 1.29 is 9.47 Å². The predicted octanol–water partition coefficient (Wildman–Crippen LogP) is 2.71. The third-order valence-corrected chi connectivity index (χ3v) is 3.42. The summed E-state index contributed by atoms with van der Waals surface area (Å²) in [6.45, 7) is 7.30. The Morgan fingerprint density at radius 3 is 2.73 bits per heavy atom. The SMILES string of the molecule is CCCCOCCCNC(=NC)NCCC1=CCOCC1.I. The highest BCUT2D eigenvalue weighted by Crippen LogP contribution is 2.10. The molecule has 130 valence electrons. The smallest absolute Gasteiger partial charge is 0.190 e. The molecule has 0 aromatic carbocycles. The highest BCUT2D eigenvalue weighted by atomic mass is 127. The number of aliphatic imine (C=N–C) groups is 1. The van der Waals surface area contributed by atoms with Gasteiger partial charge in [-0.15, -0.1) is 24.0 Å². The first-order chi connectivity index (χ1) is 10.4. The molecule has 6 heteroatoms. The summed E-state index contributed by atoms with van der Waals surface area (Å²) in [5.41, 5.74) is 1.48. The zero-order valence-corrected chi connectivity index (χ0v) is 16.4. The van der Waals surface area contributed by atoms with Crippen LogP contribution in [-0.2, 0) is 9.47 Å². The fourth-order valence-electron chi connectivity index (χ4n) is 2.08. The van der Waals surface area contributed by atoms with E-state index < -0.39 is 0 Å². The summed E-state index contributed by atoms with van der Waals surface area (Å²) in [5, 5.41) is 6.66. The molecule has 0 spiro atoms. The Morgan fingerprint density at radius 1 is 1.27 bits per heavy atom. The van der Waals surface area contributed by atoms with Crippen molar-refractivity contribution >= 4 is 29.9 Å². The van der Waals surface area contributed by atoms with E-state index in [1.54, 1.807) is 7.05 Å². The van der Waals surface area contributed by atoms with Gasteiger partial charge in [0.2, 0.25) is 0 Å². The highest BCUT2D eigenvalue weighted by Gasteiger charge is 2.04. The predicted molar refractivity (Wildman–Crippen MR) is 103 cm³/mol. The lowest BCUT2D eigenvalue weighted by atomic mass is 10.1. The number of nitrogens with one attached hydrogen (secondary N) is 2. The van der Waals surface area contributed by atoms with Crippen LogP contribution in [0.25, 0.3) is 0 Å². The number of ether oxygens (including phenoxy) is 2. The average Bonchev–Trinajstić information content (AvgIpc) is 2.53. The summed E-state index contributed by atoms with van der Waals surface area (Å²) in [4.78, 5) is 4.23. The molecule has 1 heterocycles. The van der Waals surface area contributed by atoms with E-state index in [1.807, 2.05) is 0 Å². The molecule has 22 heavy (non-hydrogen) atoms. The normalized spacial score (nSPS) is 15.0. The number of guanidine groups is 1. The molecule has 0 bridgehead atoms. The van der Waals surface area contributed by atoms with E-state index in [4.69, 9.17) is 9.47 Å². The minimum Gasteiger partial charge on any atom is -0.381 e. The Hall–Kier alpha value is -0.340. The van der Waals surface area contributed by atoms with E-state index in [0.717, 1.165) is 71.2 Å². The Morgan fingerprint density at radius 2 is 2.05 bits per heavy atom. The number of rotatable bonds is 10. The van der Waals surface area contributed by atoms with Crippen LogP contribution in [-0.4, -0.2) is 52.5 Å². The molecule has 0 amide bonds. The lowest BCUT2D eigenvalue weighted by molar-refractivity contribution is 0.129. The molecule has 0 radical (unpaired) electrons. The number of nitrogens with zero attached hydrogens (tertiary/aromatic N) is 1. The summed E-state index contributed by atoms with van der Waals surface area (Å²) in [7, 11) is 1.81. The maximum absolute atomic E-state index is 5.53. The van der Waals surface area contributed by atoms with Gasteiger partial charge in [0.1, 0.15) is 0 Å². The van der Waals surface area contributed by atoms with Crippen molar-refractivity contribution in [3.8, 4) is 0 Å². The number of halogens is 1. The molecular weight excluding hydrogens is 393 g/mol. The van der Waals surface area contributed by atoms with Gasteiger partial charge >= 0.3 is 0 Å². The zero-order chi connectivity index (χ0) is 15.2. The van der Waals surface area contributed by atoms with Gasteiger partial charge in [-0.05, 0) is 25.7 Å². The van der Waals surface area contributed by atoms with Crippen LogP contribution in [0.15, 0.2) is 16.6 Å². The van der Waals surface area contributed by atoms with Gasteiger partial charge in [0.15, 0.2) is 5.96 Å². The topological polar surface area (TPSA) is 54.9 Å². The second kappa shape index (κ2) is 15.6. The van der Waals surface area contributed by atoms with Crippen molar-refractivity contribution in [3.63, 3.8) is 0 Å². The number of hydrogen-bond acceptors (Lipinski definition) is 3.